The molecule has 2 bridgehead atoms. The minimum absolute atomic E-state index is 0.00367. The number of hydrogen-bond acceptors (Lipinski definition) is 7. The van der Waals surface area contributed by atoms with Gasteiger partial charge in [-0.25, -0.2) is 0 Å². The van der Waals surface area contributed by atoms with E-state index < -0.39 is 11.9 Å². The van der Waals surface area contributed by atoms with E-state index in [4.69, 9.17) is 9.84 Å². The highest BCUT2D eigenvalue weighted by Gasteiger charge is 2.40. The van der Waals surface area contributed by atoms with Crippen molar-refractivity contribution in [2.45, 2.75) is 56.2 Å². The van der Waals surface area contributed by atoms with Crippen molar-refractivity contribution in [3.63, 3.8) is 0 Å². The largest absolute Gasteiger partial charge is 0.481 e. The van der Waals surface area contributed by atoms with E-state index in [1.165, 1.54) is 12.8 Å². The normalized spacial score (nSPS) is 23.4. The monoisotopic (exact) mass is 467 g/mol. The first kappa shape index (κ1) is 25.8. The van der Waals surface area contributed by atoms with Gasteiger partial charge in [-0.05, 0) is 38.3 Å². The van der Waals surface area contributed by atoms with Gasteiger partial charge in [0, 0.05) is 23.6 Å². The van der Waals surface area contributed by atoms with Crippen molar-refractivity contribution in [1.82, 2.24) is 4.90 Å². The third kappa shape index (κ3) is 8.52. The number of aliphatic hydroxyl groups is 1. The Hall–Kier alpha value is -1.48. The van der Waals surface area contributed by atoms with Crippen molar-refractivity contribution >= 4 is 33.5 Å². The molecule has 31 heavy (non-hydrogen) atoms. The highest BCUT2D eigenvalue weighted by atomic mass is 33.1. The van der Waals surface area contributed by atoms with E-state index in [1.54, 1.807) is 27.7 Å². The molecule has 0 aromatic heterocycles. The van der Waals surface area contributed by atoms with Crippen LogP contribution in [0.1, 0.15) is 43.6 Å². The van der Waals surface area contributed by atoms with E-state index in [1.807, 2.05) is 30.3 Å². The van der Waals surface area contributed by atoms with Crippen LogP contribution < -0.4 is 0 Å². The summed E-state index contributed by atoms with van der Waals surface area (Å²) >= 11 is 0. The number of carbonyl (C=O) groups is 2. The lowest BCUT2D eigenvalue weighted by molar-refractivity contribution is -0.155. The lowest BCUT2D eigenvalue weighted by atomic mass is 9.98. The number of aliphatic hydroxyl groups excluding tert-OH is 1. The van der Waals surface area contributed by atoms with Crippen molar-refractivity contribution in [2.75, 3.05) is 25.2 Å². The second-order valence-electron chi connectivity index (χ2n) is 7.77. The quantitative estimate of drug-likeness (QED) is 0.231. The Kier molecular flexibility index (Phi) is 11.5. The van der Waals surface area contributed by atoms with Crippen LogP contribution in [-0.4, -0.2) is 70.4 Å². The van der Waals surface area contributed by atoms with Gasteiger partial charge in [0.05, 0.1) is 13.0 Å². The Balaban J connectivity index is 0.000000291. The van der Waals surface area contributed by atoms with Crippen LogP contribution in [0.2, 0.25) is 0 Å². The van der Waals surface area contributed by atoms with Gasteiger partial charge >= 0.3 is 11.9 Å². The Morgan fingerprint density at radius 2 is 1.87 bits per heavy atom. The van der Waals surface area contributed by atoms with Gasteiger partial charge < -0.3 is 19.8 Å². The third-order valence-electron chi connectivity index (χ3n) is 5.68. The van der Waals surface area contributed by atoms with Crippen LogP contribution in [0.4, 0.5) is 0 Å². The van der Waals surface area contributed by atoms with Crippen LogP contribution in [0, 0.1) is 0 Å². The molecule has 8 heteroatoms. The molecule has 2 aliphatic heterocycles. The molecule has 2 fully saturated rings. The standard InChI is InChI=1S/C17H23NO3.C6H10O2S2/c1-18-13-7-8-14(18)10-15(9-13)21-17(20)16(11-19)12-5-3-2-4-6-12;1-2-4-9-10-5-3-6(7)8/h2-6,13-16,19H,7-11H2,1H3;2H,1,3-5H2,(H,7,8). The van der Waals surface area contributed by atoms with E-state index >= 15 is 0 Å². The van der Waals surface area contributed by atoms with Crippen LogP contribution in [0.15, 0.2) is 43.0 Å². The zero-order valence-corrected chi connectivity index (χ0v) is 19.7. The van der Waals surface area contributed by atoms with Crippen LogP contribution in [0.25, 0.3) is 0 Å². The van der Waals surface area contributed by atoms with E-state index in [9.17, 15) is 14.7 Å². The van der Waals surface area contributed by atoms with E-state index in [0.29, 0.717) is 17.8 Å². The molecule has 3 rings (SSSR count). The van der Waals surface area contributed by atoms with Crippen LogP contribution >= 0.6 is 21.6 Å². The van der Waals surface area contributed by atoms with Gasteiger partial charge in [0.1, 0.15) is 12.0 Å². The Bertz CT molecular complexity index is 688. The smallest absolute Gasteiger partial charge is 0.316 e. The van der Waals surface area contributed by atoms with Gasteiger partial charge in [-0.1, -0.05) is 58.0 Å². The maximum atomic E-state index is 12.4. The highest BCUT2D eigenvalue weighted by Crippen LogP contribution is 2.36. The molecule has 0 aliphatic carbocycles. The summed E-state index contributed by atoms with van der Waals surface area (Å²) in [4.78, 5) is 24.8. The minimum Gasteiger partial charge on any atom is -0.481 e. The molecule has 2 aliphatic rings. The molecule has 3 unspecified atom stereocenters. The van der Waals surface area contributed by atoms with Gasteiger partial charge in [0.25, 0.3) is 0 Å². The molecule has 2 N–H and O–H groups in total. The summed E-state index contributed by atoms with van der Waals surface area (Å²) in [5.41, 5.74) is 0.820. The maximum Gasteiger partial charge on any atom is 0.316 e. The number of nitrogens with zero attached hydrogens (tertiary/aromatic N) is 1. The number of ether oxygens (including phenoxy) is 1. The number of benzene rings is 1. The SMILES string of the molecule is C=CCSSCCC(=O)O.CN1C2CCC1CC(OC(=O)C(CO)c1ccccc1)C2. The topological polar surface area (TPSA) is 87.1 Å². The molecule has 172 valence electrons. The number of carboxylic acid groups (broad SMARTS) is 1. The molecule has 1 aromatic carbocycles. The van der Waals surface area contributed by atoms with E-state index in [0.717, 1.165) is 24.2 Å². The van der Waals surface area contributed by atoms with E-state index in [2.05, 4.69) is 18.5 Å². The molecule has 2 heterocycles. The van der Waals surface area contributed by atoms with Gasteiger partial charge in [-0.2, -0.15) is 0 Å². The van der Waals surface area contributed by atoms with Gasteiger partial charge in [0.15, 0.2) is 0 Å². The predicted molar refractivity (Wildman–Crippen MR) is 127 cm³/mol. The molecule has 0 saturated carbocycles. The molecular formula is C23H33NO5S2. The number of carbonyl (C=O) groups excluding carboxylic acids is 1. The fourth-order valence-electron chi connectivity index (χ4n) is 3.99. The first-order chi connectivity index (χ1) is 15.0. The minimum atomic E-state index is -0.730. The Morgan fingerprint density at radius 3 is 2.42 bits per heavy atom. The molecule has 1 aromatic rings. The van der Waals surface area contributed by atoms with Crippen molar-refractivity contribution in [1.29, 1.82) is 0 Å². The Morgan fingerprint density at radius 1 is 1.23 bits per heavy atom. The molecule has 0 spiro atoms. The molecule has 2 saturated heterocycles. The predicted octanol–water partition coefficient (Wildman–Crippen LogP) is 3.96. The highest BCUT2D eigenvalue weighted by molar-refractivity contribution is 8.76. The second kappa shape index (κ2) is 13.8. The summed E-state index contributed by atoms with van der Waals surface area (Å²) in [6.07, 6.45) is 6.31. The number of hydrogen-bond donors (Lipinski definition) is 2. The second-order valence-corrected chi connectivity index (χ2v) is 10.4. The maximum absolute atomic E-state index is 12.4. The molecule has 6 nitrogen and oxygen atoms in total. The molecule has 0 amide bonds. The summed E-state index contributed by atoms with van der Waals surface area (Å²) in [5, 5.41) is 17.8. The van der Waals surface area contributed by atoms with Gasteiger partial charge in [-0.3, -0.25) is 9.59 Å². The lowest BCUT2D eigenvalue weighted by Crippen LogP contribution is -2.43. The number of carboxylic acids is 1. The number of piperidine rings is 1. The average molecular weight is 468 g/mol. The first-order valence-electron chi connectivity index (χ1n) is 10.6. The van der Waals surface area contributed by atoms with Crippen molar-refractivity contribution < 1.29 is 24.5 Å². The van der Waals surface area contributed by atoms with Crippen LogP contribution in [0.3, 0.4) is 0 Å². The van der Waals surface area contributed by atoms with Crippen LogP contribution in [-0.2, 0) is 14.3 Å². The van der Waals surface area contributed by atoms with Crippen LogP contribution in [0.5, 0.6) is 0 Å². The summed E-state index contributed by atoms with van der Waals surface area (Å²) < 4.78 is 5.70. The molecule has 0 radical (unpaired) electrons. The fraction of sp³-hybridized carbons (Fsp3) is 0.565. The summed E-state index contributed by atoms with van der Waals surface area (Å²) in [5.74, 6) is -0.0362. The fourth-order valence-corrected chi connectivity index (χ4v) is 5.74. The zero-order valence-electron chi connectivity index (χ0n) is 18.0. The third-order valence-corrected chi connectivity index (χ3v) is 7.99. The van der Waals surface area contributed by atoms with Gasteiger partial charge in [0.2, 0.25) is 0 Å². The zero-order chi connectivity index (χ0) is 22.6. The van der Waals surface area contributed by atoms with Gasteiger partial charge in [-0.15, -0.1) is 6.58 Å². The average Bonchev–Trinajstić information content (AvgIpc) is 2.96. The number of aliphatic carboxylic acids is 1. The van der Waals surface area contributed by atoms with Crippen molar-refractivity contribution in [3.05, 3.63) is 48.6 Å². The number of fused-ring (bicyclic) bond motifs is 2. The van der Waals surface area contributed by atoms with Crippen molar-refractivity contribution in [2.24, 2.45) is 0 Å². The number of esters is 1. The molecule has 3 atom stereocenters. The molecular weight excluding hydrogens is 434 g/mol. The lowest BCUT2D eigenvalue weighted by Gasteiger charge is -2.36. The number of rotatable bonds is 10. The van der Waals surface area contributed by atoms with E-state index in [-0.39, 0.29) is 25.1 Å². The summed E-state index contributed by atoms with van der Waals surface area (Å²) in [7, 11) is 5.37. The Labute approximate surface area is 192 Å². The summed E-state index contributed by atoms with van der Waals surface area (Å²) in [6, 6.07) is 10.5. The summed E-state index contributed by atoms with van der Waals surface area (Å²) in [6.45, 7) is 3.34. The first-order valence-corrected chi connectivity index (χ1v) is 13.1. The van der Waals surface area contributed by atoms with Crippen molar-refractivity contribution in [3.8, 4) is 0 Å².